The predicted octanol–water partition coefficient (Wildman–Crippen LogP) is 6.29. The second-order valence-electron chi connectivity index (χ2n) is 7.02. The molecule has 1 N–H and O–H groups in total. The molecule has 2 heterocycles. The topological polar surface area (TPSA) is 62.6 Å². The Hall–Kier alpha value is -2.39. The Morgan fingerprint density at radius 1 is 1.16 bits per heavy atom. The quantitative estimate of drug-likeness (QED) is 0.236. The first-order valence-corrected chi connectivity index (χ1v) is 11.8. The van der Waals surface area contributed by atoms with Crippen molar-refractivity contribution in [3.8, 4) is 0 Å². The van der Waals surface area contributed by atoms with Crippen molar-refractivity contribution in [2.75, 3.05) is 4.90 Å². The highest BCUT2D eigenvalue weighted by Crippen LogP contribution is 2.37. The molecule has 1 aliphatic heterocycles. The number of carbonyl (C=O) groups excluding carboxylic acids is 2. The van der Waals surface area contributed by atoms with Crippen LogP contribution in [0, 0.1) is 13.8 Å². The molecule has 0 unspecified atom stereocenters. The Kier molecular flexibility index (Phi) is 6.57. The molecule has 0 radical (unpaired) electrons. The standard InChI is InChI=1S/C23H16BrClN2O3S2/c1-12-4-3-5-19(13(12)2)27-21(29)17(20(28)26-23(27)31)10-15-11-18(24)22(30-15)32-16-8-6-14(25)7-9-16/h3-11H,1-2H3,(H,26,28,31). The van der Waals surface area contributed by atoms with Gasteiger partial charge in [-0.15, -0.1) is 0 Å². The van der Waals surface area contributed by atoms with E-state index in [1.807, 2.05) is 38.1 Å². The molecule has 1 aliphatic rings. The average Bonchev–Trinajstić information content (AvgIpc) is 3.09. The smallest absolute Gasteiger partial charge is 0.270 e. The van der Waals surface area contributed by atoms with Gasteiger partial charge in [-0.05, 0) is 95.6 Å². The van der Waals surface area contributed by atoms with Crippen LogP contribution in [0.25, 0.3) is 6.08 Å². The van der Waals surface area contributed by atoms with Gasteiger partial charge in [0.05, 0.1) is 10.2 Å². The van der Waals surface area contributed by atoms with E-state index in [0.29, 0.717) is 26.0 Å². The summed E-state index contributed by atoms with van der Waals surface area (Å²) in [6.45, 7) is 3.86. The zero-order chi connectivity index (χ0) is 23.0. The van der Waals surface area contributed by atoms with Gasteiger partial charge in [0.15, 0.2) is 10.2 Å². The molecule has 1 saturated heterocycles. The fraction of sp³-hybridized carbons (Fsp3) is 0.0870. The molecule has 0 atom stereocenters. The van der Waals surface area contributed by atoms with E-state index < -0.39 is 11.8 Å². The van der Waals surface area contributed by atoms with Gasteiger partial charge in [0.1, 0.15) is 11.3 Å². The van der Waals surface area contributed by atoms with E-state index in [9.17, 15) is 9.59 Å². The maximum Gasteiger partial charge on any atom is 0.270 e. The van der Waals surface area contributed by atoms with E-state index in [0.717, 1.165) is 16.0 Å². The molecular weight excluding hydrogens is 532 g/mol. The molecule has 3 aromatic rings. The van der Waals surface area contributed by atoms with E-state index in [1.54, 1.807) is 24.3 Å². The molecule has 9 heteroatoms. The third-order valence-electron chi connectivity index (χ3n) is 4.90. The number of nitrogens with one attached hydrogen (secondary N) is 1. The summed E-state index contributed by atoms with van der Waals surface area (Å²) in [5.41, 5.74) is 2.48. The van der Waals surface area contributed by atoms with E-state index in [-0.39, 0.29) is 10.7 Å². The minimum atomic E-state index is -0.569. The summed E-state index contributed by atoms with van der Waals surface area (Å²) in [6, 6.07) is 14.6. The second kappa shape index (κ2) is 9.23. The maximum atomic E-state index is 13.3. The summed E-state index contributed by atoms with van der Waals surface area (Å²) in [4.78, 5) is 28.1. The first-order valence-electron chi connectivity index (χ1n) is 9.45. The van der Waals surface area contributed by atoms with E-state index in [2.05, 4.69) is 21.2 Å². The monoisotopic (exact) mass is 546 g/mol. The number of furan rings is 1. The van der Waals surface area contributed by atoms with Crippen molar-refractivity contribution >= 4 is 80.2 Å². The van der Waals surface area contributed by atoms with Crippen molar-refractivity contribution in [2.24, 2.45) is 0 Å². The van der Waals surface area contributed by atoms with Gasteiger partial charge in [-0.2, -0.15) is 0 Å². The lowest BCUT2D eigenvalue weighted by atomic mass is 10.0. The van der Waals surface area contributed by atoms with Crippen molar-refractivity contribution in [3.05, 3.63) is 80.5 Å². The number of nitrogens with zero attached hydrogens (tertiary/aromatic N) is 1. The number of benzene rings is 2. The van der Waals surface area contributed by atoms with Crippen molar-refractivity contribution in [3.63, 3.8) is 0 Å². The highest BCUT2D eigenvalue weighted by molar-refractivity contribution is 9.10. The van der Waals surface area contributed by atoms with Crippen LogP contribution in [0.5, 0.6) is 0 Å². The van der Waals surface area contributed by atoms with Crippen LogP contribution in [0.4, 0.5) is 5.69 Å². The van der Waals surface area contributed by atoms with Crippen LogP contribution < -0.4 is 10.2 Å². The lowest BCUT2D eigenvalue weighted by Crippen LogP contribution is -2.54. The molecule has 5 nitrogen and oxygen atoms in total. The van der Waals surface area contributed by atoms with Crippen LogP contribution in [0.3, 0.4) is 0 Å². The van der Waals surface area contributed by atoms with E-state index in [4.69, 9.17) is 28.2 Å². The summed E-state index contributed by atoms with van der Waals surface area (Å²) in [5.74, 6) is -0.714. The van der Waals surface area contributed by atoms with Crippen LogP contribution in [0.15, 0.2) is 73.0 Å². The SMILES string of the molecule is Cc1cccc(N2C(=O)C(=Cc3cc(Br)c(Sc4ccc(Cl)cc4)o3)C(=O)NC2=S)c1C. The maximum absolute atomic E-state index is 13.3. The Morgan fingerprint density at radius 2 is 1.88 bits per heavy atom. The summed E-state index contributed by atoms with van der Waals surface area (Å²) < 4.78 is 6.59. The van der Waals surface area contributed by atoms with Gasteiger partial charge in [0, 0.05) is 9.92 Å². The number of amides is 2. The number of halogens is 2. The van der Waals surface area contributed by atoms with E-state index >= 15 is 0 Å². The number of anilines is 1. The van der Waals surface area contributed by atoms with Crippen LogP contribution in [-0.2, 0) is 9.59 Å². The largest absolute Gasteiger partial charge is 0.449 e. The first-order chi connectivity index (χ1) is 15.2. The van der Waals surface area contributed by atoms with Gasteiger partial charge >= 0.3 is 0 Å². The molecule has 1 aromatic heterocycles. The lowest BCUT2D eigenvalue weighted by molar-refractivity contribution is -0.122. The average molecular weight is 548 g/mol. The first kappa shape index (κ1) is 22.8. The summed E-state index contributed by atoms with van der Waals surface area (Å²) in [6.07, 6.45) is 1.42. The number of rotatable bonds is 4. The highest BCUT2D eigenvalue weighted by atomic mass is 79.9. The van der Waals surface area contributed by atoms with Gasteiger partial charge in [-0.3, -0.25) is 19.8 Å². The highest BCUT2D eigenvalue weighted by Gasteiger charge is 2.35. The number of carbonyl (C=O) groups is 2. The zero-order valence-corrected chi connectivity index (χ0v) is 20.9. The van der Waals surface area contributed by atoms with Crippen molar-refractivity contribution in [1.82, 2.24) is 5.32 Å². The van der Waals surface area contributed by atoms with Gasteiger partial charge in [0.25, 0.3) is 11.8 Å². The van der Waals surface area contributed by atoms with Crippen LogP contribution in [0.1, 0.15) is 16.9 Å². The molecule has 2 amide bonds. The minimum absolute atomic E-state index is 0.0467. The van der Waals surface area contributed by atoms with Crippen LogP contribution in [-0.4, -0.2) is 16.9 Å². The molecule has 4 rings (SSSR count). The summed E-state index contributed by atoms with van der Waals surface area (Å²) >= 11 is 16.1. The Labute approximate surface area is 207 Å². The van der Waals surface area contributed by atoms with Gasteiger partial charge in [-0.1, -0.05) is 35.5 Å². The Bertz CT molecular complexity index is 1280. The molecule has 0 saturated carbocycles. The van der Waals surface area contributed by atoms with Crippen molar-refractivity contribution in [2.45, 2.75) is 23.8 Å². The second-order valence-corrected chi connectivity index (χ2v) is 9.74. The number of aryl methyl sites for hydroxylation is 1. The fourth-order valence-corrected chi connectivity index (χ4v) is 4.85. The summed E-state index contributed by atoms with van der Waals surface area (Å²) in [7, 11) is 0. The molecule has 32 heavy (non-hydrogen) atoms. The van der Waals surface area contributed by atoms with Crippen molar-refractivity contribution in [1.29, 1.82) is 0 Å². The minimum Gasteiger partial charge on any atom is -0.449 e. The molecule has 0 aliphatic carbocycles. The molecule has 0 spiro atoms. The fourth-order valence-electron chi connectivity index (χ4n) is 3.12. The molecule has 2 aromatic carbocycles. The number of hydrogen-bond donors (Lipinski definition) is 1. The predicted molar refractivity (Wildman–Crippen MR) is 134 cm³/mol. The van der Waals surface area contributed by atoms with Gasteiger partial charge in [0.2, 0.25) is 0 Å². The third kappa shape index (κ3) is 4.54. The lowest BCUT2D eigenvalue weighted by Gasteiger charge is -2.30. The Balaban J connectivity index is 1.66. The normalized spacial score (nSPS) is 15.4. The number of thiocarbonyl (C=S) groups is 1. The van der Waals surface area contributed by atoms with Crippen molar-refractivity contribution < 1.29 is 14.0 Å². The molecule has 0 bridgehead atoms. The zero-order valence-electron chi connectivity index (χ0n) is 16.9. The Morgan fingerprint density at radius 3 is 2.59 bits per heavy atom. The van der Waals surface area contributed by atoms with Gasteiger partial charge < -0.3 is 4.42 Å². The molecule has 162 valence electrons. The molecule has 1 fully saturated rings. The van der Waals surface area contributed by atoms with E-state index in [1.165, 1.54) is 22.7 Å². The van der Waals surface area contributed by atoms with Gasteiger partial charge in [-0.25, -0.2) is 0 Å². The summed E-state index contributed by atoms with van der Waals surface area (Å²) in [5, 5.41) is 3.88. The van der Waals surface area contributed by atoms with Crippen LogP contribution in [0.2, 0.25) is 5.02 Å². The molecular formula is C23H16BrClN2O3S2. The van der Waals surface area contributed by atoms with Crippen LogP contribution >= 0.6 is 51.5 Å². The number of hydrogen-bond acceptors (Lipinski definition) is 5. The third-order valence-corrected chi connectivity index (χ3v) is 7.29.